The van der Waals surface area contributed by atoms with E-state index in [1.807, 2.05) is 0 Å². The lowest BCUT2D eigenvalue weighted by molar-refractivity contribution is 0.150. The standard InChI is InChI=1S/C14H30N2/c1-13(2)10-15-11-14(3,4)12-16-8-6-5-7-9-16/h13,15H,5-12H2,1-4H3. The third kappa shape index (κ3) is 5.86. The summed E-state index contributed by atoms with van der Waals surface area (Å²) in [6.45, 7) is 15.5. The van der Waals surface area contributed by atoms with Gasteiger partial charge in [-0.3, -0.25) is 0 Å². The highest BCUT2D eigenvalue weighted by molar-refractivity contribution is 4.78. The van der Waals surface area contributed by atoms with Gasteiger partial charge in [0, 0.05) is 13.1 Å². The molecule has 1 N–H and O–H groups in total. The second-order valence-corrected chi connectivity index (χ2v) is 6.53. The molecule has 0 aromatic carbocycles. The molecule has 2 heteroatoms. The summed E-state index contributed by atoms with van der Waals surface area (Å²) in [5.41, 5.74) is 0.409. The molecule has 0 aliphatic carbocycles. The van der Waals surface area contributed by atoms with E-state index in [0.717, 1.165) is 19.0 Å². The van der Waals surface area contributed by atoms with Crippen LogP contribution in [0, 0.1) is 11.3 Å². The van der Waals surface area contributed by atoms with Crippen molar-refractivity contribution in [3.8, 4) is 0 Å². The fourth-order valence-corrected chi connectivity index (χ4v) is 2.48. The smallest absolute Gasteiger partial charge is 0.00448 e. The van der Waals surface area contributed by atoms with Gasteiger partial charge in [-0.2, -0.15) is 0 Å². The van der Waals surface area contributed by atoms with Crippen LogP contribution in [0.2, 0.25) is 0 Å². The van der Waals surface area contributed by atoms with E-state index in [1.165, 1.54) is 38.9 Å². The van der Waals surface area contributed by atoms with Gasteiger partial charge in [0.25, 0.3) is 0 Å². The first-order valence-electron chi connectivity index (χ1n) is 6.93. The summed E-state index contributed by atoms with van der Waals surface area (Å²) in [5.74, 6) is 0.755. The summed E-state index contributed by atoms with van der Waals surface area (Å²) >= 11 is 0. The molecule has 96 valence electrons. The van der Waals surface area contributed by atoms with Crippen LogP contribution in [0.15, 0.2) is 0 Å². The maximum Gasteiger partial charge on any atom is 0.00448 e. The maximum atomic E-state index is 3.59. The second kappa shape index (κ2) is 6.61. The van der Waals surface area contributed by atoms with E-state index in [0.29, 0.717) is 5.41 Å². The van der Waals surface area contributed by atoms with E-state index in [4.69, 9.17) is 0 Å². The lowest BCUT2D eigenvalue weighted by Gasteiger charge is -2.35. The van der Waals surface area contributed by atoms with Crippen LogP contribution in [0.1, 0.15) is 47.0 Å². The highest BCUT2D eigenvalue weighted by Crippen LogP contribution is 2.19. The van der Waals surface area contributed by atoms with Crippen molar-refractivity contribution in [3.05, 3.63) is 0 Å². The lowest BCUT2D eigenvalue weighted by Crippen LogP contribution is -2.43. The van der Waals surface area contributed by atoms with Crippen LogP contribution in [-0.4, -0.2) is 37.6 Å². The monoisotopic (exact) mass is 226 g/mol. The van der Waals surface area contributed by atoms with Gasteiger partial charge in [0.05, 0.1) is 0 Å². The van der Waals surface area contributed by atoms with Crippen molar-refractivity contribution in [1.82, 2.24) is 10.2 Å². The fraction of sp³-hybridized carbons (Fsp3) is 1.00. The average Bonchev–Trinajstić information content (AvgIpc) is 2.17. The van der Waals surface area contributed by atoms with Crippen LogP contribution < -0.4 is 5.32 Å². The van der Waals surface area contributed by atoms with E-state index in [9.17, 15) is 0 Å². The average molecular weight is 226 g/mol. The van der Waals surface area contributed by atoms with Crippen molar-refractivity contribution in [1.29, 1.82) is 0 Å². The molecule has 1 aliphatic rings. The number of rotatable bonds is 6. The van der Waals surface area contributed by atoms with Crippen molar-refractivity contribution in [3.63, 3.8) is 0 Å². The number of hydrogen-bond acceptors (Lipinski definition) is 2. The van der Waals surface area contributed by atoms with Crippen molar-refractivity contribution in [2.45, 2.75) is 47.0 Å². The molecule has 1 saturated heterocycles. The normalized spacial score (nSPS) is 19.3. The largest absolute Gasteiger partial charge is 0.316 e. The third-order valence-electron chi connectivity index (χ3n) is 3.26. The summed E-state index contributed by atoms with van der Waals surface area (Å²) < 4.78 is 0. The van der Waals surface area contributed by atoms with Gasteiger partial charge < -0.3 is 10.2 Å². The van der Waals surface area contributed by atoms with Gasteiger partial charge in [-0.05, 0) is 43.8 Å². The summed E-state index contributed by atoms with van der Waals surface area (Å²) in [5, 5.41) is 3.59. The van der Waals surface area contributed by atoms with E-state index in [2.05, 4.69) is 37.9 Å². The molecule has 1 heterocycles. The lowest BCUT2D eigenvalue weighted by atomic mass is 9.91. The first-order chi connectivity index (χ1) is 7.49. The first kappa shape index (κ1) is 14.0. The Morgan fingerprint density at radius 3 is 2.31 bits per heavy atom. The van der Waals surface area contributed by atoms with Crippen LogP contribution in [-0.2, 0) is 0 Å². The minimum Gasteiger partial charge on any atom is -0.316 e. The van der Waals surface area contributed by atoms with E-state index >= 15 is 0 Å². The quantitative estimate of drug-likeness (QED) is 0.749. The molecule has 0 aromatic heterocycles. The van der Waals surface area contributed by atoms with Crippen molar-refractivity contribution < 1.29 is 0 Å². The topological polar surface area (TPSA) is 15.3 Å². The van der Waals surface area contributed by atoms with Crippen molar-refractivity contribution in [2.24, 2.45) is 11.3 Å². The molecule has 0 saturated carbocycles. The van der Waals surface area contributed by atoms with Gasteiger partial charge in [0.1, 0.15) is 0 Å². The highest BCUT2D eigenvalue weighted by atomic mass is 15.1. The molecule has 1 rings (SSSR count). The minimum absolute atomic E-state index is 0.409. The summed E-state index contributed by atoms with van der Waals surface area (Å²) in [6.07, 6.45) is 4.23. The van der Waals surface area contributed by atoms with Crippen LogP contribution in [0.25, 0.3) is 0 Å². The van der Waals surface area contributed by atoms with Crippen LogP contribution >= 0.6 is 0 Å². The van der Waals surface area contributed by atoms with E-state index in [1.54, 1.807) is 0 Å². The summed E-state index contributed by atoms with van der Waals surface area (Å²) in [4.78, 5) is 2.64. The van der Waals surface area contributed by atoms with Crippen molar-refractivity contribution >= 4 is 0 Å². The summed E-state index contributed by atoms with van der Waals surface area (Å²) in [7, 11) is 0. The Hall–Kier alpha value is -0.0800. The van der Waals surface area contributed by atoms with Gasteiger partial charge >= 0.3 is 0 Å². The predicted molar refractivity (Wildman–Crippen MR) is 71.8 cm³/mol. The molecule has 16 heavy (non-hydrogen) atoms. The molecule has 0 atom stereocenters. The van der Waals surface area contributed by atoms with Gasteiger partial charge in [-0.1, -0.05) is 34.1 Å². The van der Waals surface area contributed by atoms with Gasteiger partial charge in [0.2, 0.25) is 0 Å². The molecule has 1 fully saturated rings. The number of hydrogen-bond donors (Lipinski definition) is 1. The van der Waals surface area contributed by atoms with E-state index < -0.39 is 0 Å². The van der Waals surface area contributed by atoms with Gasteiger partial charge in [-0.25, -0.2) is 0 Å². The summed E-state index contributed by atoms with van der Waals surface area (Å²) in [6, 6.07) is 0. The highest BCUT2D eigenvalue weighted by Gasteiger charge is 2.22. The Morgan fingerprint density at radius 1 is 1.12 bits per heavy atom. The Morgan fingerprint density at radius 2 is 1.75 bits per heavy atom. The Balaban J connectivity index is 2.21. The van der Waals surface area contributed by atoms with E-state index in [-0.39, 0.29) is 0 Å². The molecule has 0 aromatic rings. The first-order valence-corrected chi connectivity index (χ1v) is 6.93. The zero-order chi connectivity index (χ0) is 12.0. The zero-order valence-electron chi connectivity index (χ0n) is 11.7. The minimum atomic E-state index is 0.409. The molecule has 0 unspecified atom stereocenters. The molecule has 0 radical (unpaired) electrons. The third-order valence-corrected chi connectivity index (χ3v) is 3.26. The molecule has 2 nitrogen and oxygen atoms in total. The number of nitrogens with one attached hydrogen (secondary N) is 1. The molecule has 0 amide bonds. The fourth-order valence-electron chi connectivity index (χ4n) is 2.48. The Kier molecular flexibility index (Phi) is 5.77. The number of likely N-dealkylation sites (tertiary alicyclic amines) is 1. The molecule has 1 aliphatic heterocycles. The maximum absolute atomic E-state index is 3.59. The van der Waals surface area contributed by atoms with Crippen LogP contribution in [0.4, 0.5) is 0 Å². The molecule has 0 spiro atoms. The van der Waals surface area contributed by atoms with Gasteiger partial charge in [-0.15, -0.1) is 0 Å². The van der Waals surface area contributed by atoms with Crippen LogP contribution in [0.5, 0.6) is 0 Å². The Labute approximate surface area is 102 Å². The number of piperidine rings is 1. The van der Waals surface area contributed by atoms with Crippen molar-refractivity contribution in [2.75, 3.05) is 32.7 Å². The predicted octanol–water partition coefficient (Wildman–Crippen LogP) is 2.74. The number of nitrogens with zero attached hydrogens (tertiary/aromatic N) is 1. The molecular formula is C14H30N2. The Bertz CT molecular complexity index is 181. The SMILES string of the molecule is CC(C)CNCC(C)(C)CN1CCCCC1. The van der Waals surface area contributed by atoms with Gasteiger partial charge in [0.15, 0.2) is 0 Å². The zero-order valence-corrected chi connectivity index (χ0v) is 11.7. The van der Waals surface area contributed by atoms with Crippen LogP contribution in [0.3, 0.4) is 0 Å². The second-order valence-electron chi connectivity index (χ2n) is 6.53. The molecular weight excluding hydrogens is 196 g/mol. The molecule has 0 bridgehead atoms.